The second-order valence-electron chi connectivity index (χ2n) is 5.49. The molecule has 2 aromatic heterocycles. The van der Waals surface area contributed by atoms with Crippen LogP contribution in [0.15, 0.2) is 39.9 Å². The lowest BCUT2D eigenvalue weighted by atomic mass is 10.0. The molecule has 0 atom stereocenters. The molecule has 0 saturated carbocycles. The van der Waals surface area contributed by atoms with Gasteiger partial charge >= 0.3 is 0 Å². The van der Waals surface area contributed by atoms with Gasteiger partial charge < -0.3 is 0 Å². The third kappa shape index (κ3) is 2.52. The third-order valence-corrected chi connectivity index (χ3v) is 5.49. The average molecular weight is 377 g/mol. The van der Waals surface area contributed by atoms with Crippen molar-refractivity contribution in [3.63, 3.8) is 0 Å². The molecule has 0 aliphatic heterocycles. The minimum atomic E-state index is 0.0499. The Kier molecular flexibility index (Phi) is 4.19. The van der Waals surface area contributed by atoms with Crippen LogP contribution in [0.5, 0.6) is 0 Å². The van der Waals surface area contributed by atoms with E-state index in [1.54, 1.807) is 22.2 Å². The Morgan fingerprint density at radius 2 is 1.95 bits per heavy atom. The van der Waals surface area contributed by atoms with Gasteiger partial charge in [0.1, 0.15) is 4.83 Å². The van der Waals surface area contributed by atoms with Gasteiger partial charge in [-0.05, 0) is 38.0 Å². The zero-order valence-corrected chi connectivity index (χ0v) is 15.2. The van der Waals surface area contributed by atoms with Crippen LogP contribution < -0.4 is 5.56 Å². The summed E-state index contributed by atoms with van der Waals surface area (Å²) < 4.78 is 2.74. The van der Waals surface area contributed by atoms with E-state index in [1.165, 1.54) is 4.88 Å². The lowest BCUT2D eigenvalue weighted by Crippen LogP contribution is -2.22. The number of benzene rings is 1. The van der Waals surface area contributed by atoms with Crippen molar-refractivity contribution in [1.82, 2.24) is 9.55 Å². The molecule has 114 valence electrons. The number of nitrogens with zero attached hydrogens (tertiary/aromatic N) is 2. The Balaban J connectivity index is 2.38. The molecule has 0 N–H and O–H groups in total. The molecule has 0 saturated heterocycles. The quantitative estimate of drug-likeness (QED) is 0.642. The molecule has 0 fully saturated rings. The molecule has 22 heavy (non-hydrogen) atoms. The summed E-state index contributed by atoms with van der Waals surface area (Å²) in [5, 5.41) is 0.750. The van der Waals surface area contributed by atoms with Crippen molar-refractivity contribution in [2.24, 2.45) is 0 Å². The first-order chi connectivity index (χ1) is 10.5. The molecule has 5 heteroatoms. The van der Waals surface area contributed by atoms with Gasteiger partial charge in [-0.3, -0.25) is 9.36 Å². The Labute approximate surface area is 141 Å². The highest BCUT2D eigenvalue weighted by Crippen LogP contribution is 2.36. The topological polar surface area (TPSA) is 34.9 Å². The van der Waals surface area contributed by atoms with E-state index >= 15 is 0 Å². The van der Waals surface area contributed by atoms with E-state index in [9.17, 15) is 4.79 Å². The second-order valence-corrected chi connectivity index (χ2v) is 7.49. The van der Waals surface area contributed by atoms with Crippen molar-refractivity contribution in [3.8, 4) is 11.1 Å². The van der Waals surface area contributed by atoms with Crippen LogP contribution in [0.25, 0.3) is 21.3 Å². The molecule has 3 nitrogen and oxygen atoms in total. The predicted molar refractivity (Wildman–Crippen MR) is 96.8 cm³/mol. The van der Waals surface area contributed by atoms with E-state index in [0.29, 0.717) is 0 Å². The first kappa shape index (κ1) is 15.4. The molecule has 0 spiro atoms. The van der Waals surface area contributed by atoms with E-state index in [-0.39, 0.29) is 11.6 Å². The summed E-state index contributed by atoms with van der Waals surface area (Å²) in [6.45, 7) is 6.12. The third-order valence-electron chi connectivity index (χ3n) is 3.72. The molecular formula is C17H17BrN2OS. The Bertz CT molecular complexity index is 878. The van der Waals surface area contributed by atoms with E-state index in [4.69, 9.17) is 0 Å². The van der Waals surface area contributed by atoms with Gasteiger partial charge in [0.15, 0.2) is 0 Å². The van der Waals surface area contributed by atoms with Gasteiger partial charge in [0, 0.05) is 21.0 Å². The summed E-state index contributed by atoms with van der Waals surface area (Å²) in [5.41, 5.74) is 2.17. The van der Waals surface area contributed by atoms with E-state index in [0.717, 1.165) is 32.2 Å². The second kappa shape index (κ2) is 5.97. The smallest absolute Gasteiger partial charge is 0.262 e. The molecule has 2 heterocycles. The summed E-state index contributed by atoms with van der Waals surface area (Å²) in [6, 6.07) is 8.23. The van der Waals surface area contributed by atoms with Crippen molar-refractivity contribution in [1.29, 1.82) is 0 Å². The summed E-state index contributed by atoms with van der Waals surface area (Å²) in [7, 11) is 0. The average Bonchev–Trinajstić information content (AvgIpc) is 2.87. The van der Waals surface area contributed by atoms with Crippen LogP contribution in [-0.4, -0.2) is 9.55 Å². The molecule has 0 aliphatic rings. The van der Waals surface area contributed by atoms with Gasteiger partial charge in [-0.25, -0.2) is 4.98 Å². The molecule has 0 bridgehead atoms. The molecular weight excluding hydrogens is 360 g/mol. The van der Waals surface area contributed by atoms with E-state index in [1.807, 2.05) is 26.0 Å². The van der Waals surface area contributed by atoms with Crippen molar-refractivity contribution in [2.75, 3.05) is 0 Å². The van der Waals surface area contributed by atoms with Crippen molar-refractivity contribution >= 4 is 37.5 Å². The number of halogens is 1. The fraction of sp³-hybridized carbons (Fsp3) is 0.294. The number of hydrogen-bond acceptors (Lipinski definition) is 3. The standard InChI is InChI=1S/C17H17BrN2OS/c1-4-13-14(11-5-7-12(18)8-6-11)15-16(22-13)19-9-20(10(2)3)17(15)21/h5-10H,4H2,1-3H3. The molecule has 0 aliphatic carbocycles. The van der Waals surface area contributed by atoms with Gasteiger partial charge in [0.05, 0.1) is 11.7 Å². The molecule has 0 amide bonds. The summed E-state index contributed by atoms with van der Waals surface area (Å²) in [4.78, 5) is 19.4. The van der Waals surface area contributed by atoms with Crippen LogP contribution in [0.3, 0.4) is 0 Å². The Hall–Kier alpha value is -1.46. The molecule has 1 aromatic carbocycles. The minimum Gasteiger partial charge on any atom is -0.296 e. The fourth-order valence-electron chi connectivity index (χ4n) is 2.59. The number of thiophene rings is 1. The summed E-state index contributed by atoms with van der Waals surface area (Å²) in [6.07, 6.45) is 2.56. The number of aryl methyl sites for hydroxylation is 1. The lowest BCUT2D eigenvalue weighted by Gasteiger charge is -2.09. The molecule has 3 rings (SSSR count). The zero-order chi connectivity index (χ0) is 15.9. The Morgan fingerprint density at radius 3 is 2.55 bits per heavy atom. The van der Waals surface area contributed by atoms with Crippen molar-refractivity contribution in [3.05, 3.63) is 50.3 Å². The number of aromatic nitrogens is 2. The number of rotatable bonds is 3. The largest absolute Gasteiger partial charge is 0.296 e. The highest BCUT2D eigenvalue weighted by Gasteiger charge is 2.18. The minimum absolute atomic E-state index is 0.0499. The van der Waals surface area contributed by atoms with Crippen LogP contribution >= 0.6 is 27.3 Å². The van der Waals surface area contributed by atoms with Crippen LogP contribution in [-0.2, 0) is 6.42 Å². The maximum Gasteiger partial charge on any atom is 0.262 e. The van der Waals surface area contributed by atoms with E-state index in [2.05, 4.69) is 40.0 Å². The van der Waals surface area contributed by atoms with Gasteiger partial charge in [-0.2, -0.15) is 0 Å². The number of hydrogen-bond donors (Lipinski definition) is 0. The van der Waals surface area contributed by atoms with Crippen LogP contribution in [0.2, 0.25) is 0 Å². The highest BCUT2D eigenvalue weighted by atomic mass is 79.9. The lowest BCUT2D eigenvalue weighted by molar-refractivity contribution is 0.574. The zero-order valence-electron chi connectivity index (χ0n) is 12.8. The first-order valence-corrected chi connectivity index (χ1v) is 8.92. The maximum atomic E-state index is 12.9. The first-order valence-electron chi connectivity index (χ1n) is 7.31. The molecule has 0 unspecified atom stereocenters. The van der Waals surface area contributed by atoms with Crippen LogP contribution in [0.1, 0.15) is 31.7 Å². The molecule has 0 radical (unpaired) electrons. The summed E-state index contributed by atoms with van der Waals surface area (Å²) >= 11 is 5.08. The van der Waals surface area contributed by atoms with Crippen LogP contribution in [0.4, 0.5) is 0 Å². The normalized spacial score (nSPS) is 11.5. The van der Waals surface area contributed by atoms with Gasteiger partial charge in [0.2, 0.25) is 0 Å². The predicted octanol–water partition coefficient (Wildman–Crippen LogP) is 5.03. The van der Waals surface area contributed by atoms with Crippen LogP contribution in [0, 0.1) is 0 Å². The Morgan fingerprint density at radius 1 is 1.27 bits per heavy atom. The highest BCUT2D eigenvalue weighted by molar-refractivity contribution is 9.10. The maximum absolute atomic E-state index is 12.9. The van der Waals surface area contributed by atoms with Crippen molar-refractivity contribution in [2.45, 2.75) is 33.2 Å². The van der Waals surface area contributed by atoms with Gasteiger partial charge in [-0.1, -0.05) is 35.0 Å². The molecule has 3 aromatic rings. The monoisotopic (exact) mass is 376 g/mol. The van der Waals surface area contributed by atoms with Crippen molar-refractivity contribution < 1.29 is 0 Å². The van der Waals surface area contributed by atoms with Gasteiger partial charge in [0.25, 0.3) is 5.56 Å². The number of fused-ring (bicyclic) bond motifs is 1. The van der Waals surface area contributed by atoms with Gasteiger partial charge in [-0.15, -0.1) is 11.3 Å². The fourth-order valence-corrected chi connectivity index (χ4v) is 3.94. The van der Waals surface area contributed by atoms with E-state index < -0.39 is 0 Å². The summed E-state index contributed by atoms with van der Waals surface area (Å²) in [5.74, 6) is 0. The SMILES string of the molecule is CCc1sc2ncn(C(C)C)c(=O)c2c1-c1ccc(Br)cc1.